The minimum Gasteiger partial charge on any atom is -0.274 e. The molecule has 0 saturated carbocycles. The highest BCUT2D eigenvalue weighted by atomic mass is 35.5. The van der Waals surface area contributed by atoms with E-state index in [-0.39, 0.29) is 28.7 Å². The molecule has 2 atom stereocenters. The fourth-order valence-corrected chi connectivity index (χ4v) is 3.08. The molecule has 0 spiro atoms. The smallest absolute Gasteiger partial charge is 0.238 e. The third-order valence-corrected chi connectivity index (χ3v) is 4.49. The number of fused-ring (bicyclic) bond motifs is 1. The molecule has 98 valence electrons. The molecule has 0 N–H and O–H groups in total. The van der Waals surface area contributed by atoms with Gasteiger partial charge in [0.2, 0.25) is 11.8 Å². The molecule has 1 fully saturated rings. The summed E-state index contributed by atoms with van der Waals surface area (Å²) in [6.45, 7) is 0. The quantitative estimate of drug-likeness (QED) is 0.588. The van der Waals surface area contributed by atoms with E-state index in [0.29, 0.717) is 23.6 Å². The molecule has 19 heavy (non-hydrogen) atoms. The Morgan fingerprint density at radius 1 is 1.00 bits per heavy atom. The number of allylic oxidation sites excluding steroid dienone is 2. The van der Waals surface area contributed by atoms with E-state index >= 15 is 0 Å². The minimum absolute atomic E-state index is 0.177. The molecule has 3 rings (SSSR count). The number of benzene rings is 1. The van der Waals surface area contributed by atoms with Gasteiger partial charge < -0.3 is 0 Å². The zero-order valence-corrected chi connectivity index (χ0v) is 11.5. The van der Waals surface area contributed by atoms with Crippen molar-refractivity contribution < 1.29 is 9.59 Å². The Balaban J connectivity index is 2.04. The Morgan fingerprint density at radius 3 is 2.16 bits per heavy atom. The molecule has 1 aliphatic carbocycles. The summed E-state index contributed by atoms with van der Waals surface area (Å²) < 4.78 is 0. The summed E-state index contributed by atoms with van der Waals surface area (Å²) in [7, 11) is 0. The Morgan fingerprint density at radius 2 is 1.58 bits per heavy atom. The fraction of sp³-hybridized carbons (Fsp3) is 0.286. The molecule has 3 nitrogen and oxygen atoms in total. The lowest BCUT2D eigenvalue weighted by Gasteiger charge is -2.16. The second kappa shape index (κ2) is 4.66. The molecule has 1 saturated heterocycles. The summed E-state index contributed by atoms with van der Waals surface area (Å²) in [4.78, 5) is 26.0. The summed E-state index contributed by atoms with van der Waals surface area (Å²) in [5.74, 6) is -0.868. The van der Waals surface area contributed by atoms with E-state index in [1.54, 1.807) is 18.2 Å². The van der Waals surface area contributed by atoms with Crippen molar-refractivity contribution in [2.45, 2.75) is 12.8 Å². The summed E-state index contributed by atoms with van der Waals surface area (Å²) in [5, 5.41) is 0.588. The van der Waals surface area contributed by atoms with E-state index in [4.69, 9.17) is 23.2 Å². The highest BCUT2D eigenvalue weighted by Crippen LogP contribution is 2.41. The number of carbonyl (C=O) groups excluding carboxylic acids is 2. The van der Waals surface area contributed by atoms with Crippen LogP contribution in [0.3, 0.4) is 0 Å². The van der Waals surface area contributed by atoms with E-state index in [0.717, 1.165) is 0 Å². The van der Waals surface area contributed by atoms with Gasteiger partial charge in [-0.05, 0) is 25.0 Å². The second-order valence-corrected chi connectivity index (χ2v) is 5.53. The Kier molecular flexibility index (Phi) is 3.11. The molecule has 1 aromatic rings. The monoisotopic (exact) mass is 295 g/mol. The zero-order valence-electron chi connectivity index (χ0n) is 9.98. The van der Waals surface area contributed by atoms with Crippen LogP contribution in [0.15, 0.2) is 30.4 Å². The largest absolute Gasteiger partial charge is 0.274 e. The zero-order chi connectivity index (χ0) is 13.6. The molecule has 2 amide bonds. The first-order chi connectivity index (χ1) is 9.11. The van der Waals surface area contributed by atoms with Crippen LogP contribution in [0, 0.1) is 11.8 Å². The highest BCUT2D eigenvalue weighted by Gasteiger charge is 2.48. The number of halogens is 2. The van der Waals surface area contributed by atoms with Crippen molar-refractivity contribution in [3.05, 3.63) is 40.4 Å². The van der Waals surface area contributed by atoms with Gasteiger partial charge in [-0.1, -0.05) is 41.4 Å². The number of amides is 2. The number of hydrogen-bond donors (Lipinski definition) is 0. The van der Waals surface area contributed by atoms with Gasteiger partial charge in [0.25, 0.3) is 0 Å². The fourth-order valence-electron chi connectivity index (χ4n) is 2.70. The maximum absolute atomic E-state index is 12.4. The number of anilines is 1. The van der Waals surface area contributed by atoms with Crippen LogP contribution < -0.4 is 4.90 Å². The molecule has 1 heterocycles. The van der Waals surface area contributed by atoms with E-state index in [1.807, 2.05) is 12.2 Å². The third-order valence-electron chi connectivity index (χ3n) is 3.68. The van der Waals surface area contributed by atoms with E-state index in [2.05, 4.69) is 0 Å². The Hall–Kier alpha value is -1.32. The molecule has 0 radical (unpaired) electrons. The standard InChI is InChI=1S/C14H11Cl2NO2/c15-10-6-3-7-11(12(10)16)17-13(18)8-4-1-2-5-9(8)14(17)19/h1-3,6-9H,4-5H2/t8-,9-/m1/s1. The average Bonchev–Trinajstić information content (AvgIpc) is 2.67. The van der Waals surface area contributed by atoms with E-state index in [9.17, 15) is 9.59 Å². The SMILES string of the molecule is O=C1[C@@H]2CC=CC[C@H]2C(=O)N1c1cccc(Cl)c1Cl. The van der Waals surface area contributed by atoms with Crippen LogP contribution in [0.25, 0.3) is 0 Å². The second-order valence-electron chi connectivity index (χ2n) is 4.74. The van der Waals surface area contributed by atoms with Gasteiger partial charge in [-0.2, -0.15) is 0 Å². The van der Waals surface area contributed by atoms with E-state index in [1.165, 1.54) is 4.90 Å². The number of carbonyl (C=O) groups is 2. The molecule has 2 aliphatic rings. The van der Waals surface area contributed by atoms with Gasteiger partial charge in [-0.3, -0.25) is 9.59 Å². The van der Waals surface area contributed by atoms with Crippen LogP contribution in [0.4, 0.5) is 5.69 Å². The van der Waals surface area contributed by atoms with Crippen LogP contribution in [-0.4, -0.2) is 11.8 Å². The topological polar surface area (TPSA) is 37.4 Å². The van der Waals surface area contributed by atoms with Gasteiger partial charge in [0.1, 0.15) is 0 Å². The molecule has 1 aromatic carbocycles. The molecule has 1 aliphatic heterocycles. The molecule has 0 aromatic heterocycles. The highest BCUT2D eigenvalue weighted by molar-refractivity contribution is 6.44. The Labute approximate surface area is 120 Å². The molecular weight excluding hydrogens is 285 g/mol. The molecule has 0 bridgehead atoms. The maximum atomic E-state index is 12.4. The average molecular weight is 296 g/mol. The van der Waals surface area contributed by atoms with Crippen molar-refractivity contribution in [3.8, 4) is 0 Å². The van der Waals surface area contributed by atoms with Gasteiger partial charge in [0.05, 0.1) is 27.6 Å². The summed E-state index contributed by atoms with van der Waals surface area (Å²) in [6.07, 6.45) is 5.14. The molecule has 0 unspecified atom stereocenters. The van der Waals surface area contributed by atoms with Gasteiger partial charge in [0, 0.05) is 0 Å². The van der Waals surface area contributed by atoms with Gasteiger partial charge in [-0.25, -0.2) is 4.90 Å². The van der Waals surface area contributed by atoms with Crippen LogP contribution in [0.2, 0.25) is 10.0 Å². The summed E-state index contributed by atoms with van der Waals surface area (Å²) in [5.41, 5.74) is 0.388. The van der Waals surface area contributed by atoms with Crippen molar-refractivity contribution >= 4 is 40.7 Å². The van der Waals surface area contributed by atoms with Crippen LogP contribution in [-0.2, 0) is 9.59 Å². The van der Waals surface area contributed by atoms with Crippen LogP contribution >= 0.6 is 23.2 Å². The predicted molar refractivity (Wildman–Crippen MR) is 74.3 cm³/mol. The van der Waals surface area contributed by atoms with Crippen molar-refractivity contribution in [1.82, 2.24) is 0 Å². The van der Waals surface area contributed by atoms with Gasteiger partial charge in [-0.15, -0.1) is 0 Å². The van der Waals surface area contributed by atoms with Gasteiger partial charge >= 0.3 is 0 Å². The van der Waals surface area contributed by atoms with E-state index < -0.39 is 0 Å². The first-order valence-electron chi connectivity index (χ1n) is 6.08. The van der Waals surface area contributed by atoms with Crippen LogP contribution in [0.1, 0.15) is 12.8 Å². The third kappa shape index (κ3) is 1.88. The summed E-state index contributed by atoms with van der Waals surface area (Å²) >= 11 is 12.1. The normalized spacial score (nSPS) is 25.9. The minimum atomic E-state index is -0.257. The molecule has 5 heteroatoms. The number of imide groups is 1. The number of rotatable bonds is 1. The lowest BCUT2D eigenvalue weighted by atomic mass is 9.85. The van der Waals surface area contributed by atoms with Crippen molar-refractivity contribution in [1.29, 1.82) is 0 Å². The van der Waals surface area contributed by atoms with Crippen LogP contribution in [0.5, 0.6) is 0 Å². The Bertz CT molecular complexity index is 571. The number of hydrogen-bond acceptors (Lipinski definition) is 2. The maximum Gasteiger partial charge on any atom is 0.238 e. The van der Waals surface area contributed by atoms with Crippen molar-refractivity contribution in [3.63, 3.8) is 0 Å². The first-order valence-corrected chi connectivity index (χ1v) is 6.83. The molecular formula is C14H11Cl2NO2. The van der Waals surface area contributed by atoms with Crippen molar-refractivity contribution in [2.75, 3.05) is 4.90 Å². The lowest BCUT2D eigenvalue weighted by molar-refractivity contribution is -0.122. The summed E-state index contributed by atoms with van der Waals surface area (Å²) in [6, 6.07) is 4.96. The van der Waals surface area contributed by atoms with Gasteiger partial charge in [0.15, 0.2) is 0 Å². The predicted octanol–water partition coefficient (Wildman–Crippen LogP) is 3.45. The van der Waals surface area contributed by atoms with Crippen molar-refractivity contribution in [2.24, 2.45) is 11.8 Å². The lowest BCUT2D eigenvalue weighted by Crippen LogP contribution is -2.31. The first kappa shape index (κ1) is 12.7. The number of nitrogens with zero attached hydrogens (tertiary/aromatic N) is 1.